The predicted molar refractivity (Wildman–Crippen MR) is 93.6 cm³/mol. The van der Waals surface area contributed by atoms with Gasteiger partial charge in [0.25, 0.3) is 0 Å². The first-order valence-electron chi connectivity index (χ1n) is 8.09. The number of anilines is 1. The quantitative estimate of drug-likeness (QED) is 0.821. The number of ether oxygens (including phenoxy) is 1. The summed E-state index contributed by atoms with van der Waals surface area (Å²) in [5.41, 5.74) is 2.88. The van der Waals surface area contributed by atoms with Crippen molar-refractivity contribution in [2.45, 2.75) is 39.5 Å². The van der Waals surface area contributed by atoms with Gasteiger partial charge in [-0.15, -0.1) is 0 Å². The molecule has 23 heavy (non-hydrogen) atoms. The topological polar surface area (TPSA) is 53.6 Å². The average Bonchev–Trinajstić information content (AvgIpc) is 2.46. The van der Waals surface area contributed by atoms with Gasteiger partial charge >= 0.3 is 6.03 Å². The van der Waals surface area contributed by atoms with E-state index in [-0.39, 0.29) is 18.2 Å². The molecule has 1 aliphatic rings. The lowest BCUT2D eigenvalue weighted by Gasteiger charge is -2.35. The molecule has 1 saturated heterocycles. The number of urea groups is 1. The third-order valence-electron chi connectivity index (χ3n) is 3.71. The lowest BCUT2D eigenvalue weighted by atomic mass is 10.1. The van der Waals surface area contributed by atoms with Crippen LogP contribution in [0, 0.1) is 0 Å². The first-order valence-corrected chi connectivity index (χ1v) is 8.09. The van der Waals surface area contributed by atoms with E-state index < -0.39 is 0 Å². The molecule has 1 aromatic rings. The summed E-state index contributed by atoms with van der Waals surface area (Å²) >= 11 is 0. The first-order chi connectivity index (χ1) is 10.9. The molecule has 2 atom stereocenters. The van der Waals surface area contributed by atoms with Crippen molar-refractivity contribution in [3.63, 3.8) is 0 Å². The van der Waals surface area contributed by atoms with Gasteiger partial charge in [0.1, 0.15) is 0 Å². The Morgan fingerprint density at radius 3 is 2.61 bits per heavy atom. The van der Waals surface area contributed by atoms with Gasteiger partial charge in [-0.1, -0.05) is 30.4 Å². The third kappa shape index (κ3) is 5.69. The van der Waals surface area contributed by atoms with Crippen molar-refractivity contribution in [2.75, 3.05) is 25.0 Å². The average molecular weight is 317 g/mol. The molecule has 5 nitrogen and oxygen atoms in total. The second-order valence-corrected chi connectivity index (χ2v) is 6.37. The molecular formula is C18H27N3O2. The number of carbonyl (C=O) groups excluding carboxylic acids is 1. The SMILES string of the molecule is C=C(C)CNC(=O)Nc1ccccc1CN1C[C@H](C)O[C@@H](C)C1. The van der Waals surface area contributed by atoms with Crippen LogP contribution in [0.25, 0.3) is 0 Å². The Kier molecular flexibility index (Phi) is 6.19. The summed E-state index contributed by atoms with van der Waals surface area (Å²) in [6, 6.07) is 7.72. The van der Waals surface area contributed by atoms with Gasteiger partial charge in [-0.05, 0) is 32.4 Å². The van der Waals surface area contributed by atoms with Gasteiger partial charge < -0.3 is 15.4 Å². The van der Waals surface area contributed by atoms with E-state index in [2.05, 4.69) is 42.0 Å². The molecule has 0 spiro atoms. The van der Waals surface area contributed by atoms with E-state index in [9.17, 15) is 4.79 Å². The zero-order valence-electron chi connectivity index (χ0n) is 14.3. The molecule has 5 heteroatoms. The van der Waals surface area contributed by atoms with Crippen LogP contribution in [0.5, 0.6) is 0 Å². The van der Waals surface area contributed by atoms with Gasteiger partial charge in [0.05, 0.1) is 12.2 Å². The Hall–Kier alpha value is -1.85. The number of rotatable bonds is 5. The summed E-state index contributed by atoms with van der Waals surface area (Å²) in [5, 5.41) is 5.72. The standard InChI is InChI=1S/C18H27N3O2/c1-13(2)9-19-18(22)20-17-8-6-5-7-16(17)12-21-10-14(3)23-15(4)11-21/h5-8,14-15H,1,9-12H2,2-4H3,(H2,19,20,22)/t14-,15-/m0/s1. The maximum atomic E-state index is 12.0. The molecule has 1 heterocycles. The van der Waals surface area contributed by atoms with Crippen LogP contribution in [0.3, 0.4) is 0 Å². The maximum Gasteiger partial charge on any atom is 0.319 e. The second kappa shape index (κ2) is 8.13. The predicted octanol–water partition coefficient (Wildman–Crippen LogP) is 2.99. The Morgan fingerprint density at radius 1 is 1.30 bits per heavy atom. The highest BCUT2D eigenvalue weighted by atomic mass is 16.5. The van der Waals surface area contributed by atoms with Crippen LogP contribution in [0.1, 0.15) is 26.3 Å². The van der Waals surface area contributed by atoms with E-state index >= 15 is 0 Å². The minimum absolute atomic E-state index is 0.204. The lowest BCUT2D eigenvalue weighted by Crippen LogP contribution is -2.45. The van der Waals surface area contributed by atoms with E-state index in [1.807, 2.05) is 25.1 Å². The van der Waals surface area contributed by atoms with Crippen LogP contribution in [0.2, 0.25) is 0 Å². The summed E-state index contributed by atoms with van der Waals surface area (Å²) in [7, 11) is 0. The van der Waals surface area contributed by atoms with Crippen LogP contribution in [-0.2, 0) is 11.3 Å². The van der Waals surface area contributed by atoms with E-state index in [4.69, 9.17) is 4.74 Å². The zero-order valence-corrected chi connectivity index (χ0v) is 14.3. The first kappa shape index (κ1) is 17.5. The normalized spacial score (nSPS) is 21.7. The highest BCUT2D eigenvalue weighted by Gasteiger charge is 2.22. The molecule has 0 bridgehead atoms. The van der Waals surface area contributed by atoms with Gasteiger partial charge in [-0.25, -0.2) is 4.79 Å². The number of nitrogens with zero attached hydrogens (tertiary/aromatic N) is 1. The van der Waals surface area contributed by atoms with Crippen molar-refractivity contribution in [1.29, 1.82) is 0 Å². The molecule has 0 aromatic heterocycles. The minimum atomic E-state index is -0.204. The number of morpholine rings is 1. The van der Waals surface area contributed by atoms with Crippen LogP contribution in [0.15, 0.2) is 36.4 Å². The molecule has 0 saturated carbocycles. The van der Waals surface area contributed by atoms with Crippen molar-refractivity contribution in [1.82, 2.24) is 10.2 Å². The zero-order chi connectivity index (χ0) is 16.8. The molecule has 1 fully saturated rings. The van der Waals surface area contributed by atoms with Crippen molar-refractivity contribution >= 4 is 11.7 Å². The van der Waals surface area contributed by atoms with E-state index in [1.54, 1.807) is 0 Å². The van der Waals surface area contributed by atoms with Crippen molar-refractivity contribution in [3.8, 4) is 0 Å². The largest absolute Gasteiger partial charge is 0.373 e. The van der Waals surface area contributed by atoms with E-state index in [1.165, 1.54) is 0 Å². The second-order valence-electron chi connectivity index (χ2n) is 6.37. The van der Waals surface area contributed by atoms with Gasteiger partial charge in [-0.2, -0.15) is 0 Å². The number of benzene rings is 1. The van der Waals surface area contributed by atoms with Crippen molar-refractivity contribution in [3.05, 3.63) is 42.0 Å². The van der Waals surface area contributed by atoms with Gasteiger partial charge in [-0.3, -0.25) is 4.90 Å². The summed E-state index contributed by atoms with van der Waals surface area (Å²) < 4.78 is 5.77. The Labute approximate surface area is 138 Å². The molecule has 0 aliphatic carbocycles. The fraction of sp³-hybridized carbons (Fsp3) is 0.500. The fourth-order valence-electron chi connectivity index (χ4n) is 2.83. The molecule has 0 radical (unpaired) electrons. The summed E-state index contributed by atoms with van der Waals surface area (Å²) in [4.78, 5) is 14.3. The molecule has 2 rings (SSSR count). The summed E-state index contributed by atoms with van der Waals surface area (Å²) in [5.74, 6) is 0. The Morgan fingerprint density at radius 2 is 1.96 bits per heavy atom. The maximum absolute atomic E-state index is 12.0. The van der Waals surface area contributed by atoms with Gasteiger partial charge in [0, 0.05) is 31.9 Å². The number of hydrogen-bond donors (Lipinski definition) is 2. The molecule has 2 N–H and O–H groups in total. The number of carbonyl (C=O) groups is 1. The highest BCUT2D eigenvalue weighted by Crippen LogP contribution is 2.20. The molecule has 126 valence electrons. The number of amides is 2. The number of nitrogens with one attached hydrogen (secondary N) is 2. The molecule has 1 aliphatic heterocycles. The van der Waals surface area contributed by atoms with Gasteiger partial charge in [0.15, 0.2) is 0 Å². The van der Waals surface area contributed by atoms with Crippen LogP contribution in [0.4, 0.5) is 10.5 Å². The monoisotopic (exact) mass is 317 g/mol. The lowest BCUT2D eigenvalue weighted by molar-refractivity contribution is -0.0704. The molecular weight excluding hydrogens is 290 g/mol. The van der Waals surface area contributed by atoms with Crippen LogP contribution < -0.4 is 10.6 Å². The fourth-order valence-corrected chi connectivity index (χ4v) is 2.83. The van der Waals surface area contributed by atoms with Crippen molar-refractivity contribution < 1.29 is 9.53 Å². The van der Waals surface area contributed by atoms with Gasteiger partial charge in [0.2, 0.25) is 0 Å². The third-order valence-corrected chi connectivity index (χ3v) is 3.71. The number of hydrogen-bond acceptors (Lipinski definition) is 3. The summed E-state index contributed by atoms with van der Waals surface area (Å²) in [6.07, 6.45) is 0.468. The molecule has 1 aromatic carbocycles. The Bertz CT molecular complexity index is 549. The number of para-hydroxylation sites is 1. The summed E-state index contributed by atoms with van der Waals surface area (Å²) in [6.45, 7) is 12.9. The minimum Gasteiger partial charge on any atom is -0.373 e. The molecule has 0 unspecified atom stereocenters. The molecule has 2 amide bonds. The van der Waals surface area contributed by atoms with Crippen LogP contribution in [-0.4, -0.2) is 42.8 Å². The highest BCUT2D eigenvalue weighted by molar-refractivity contribution is 5.90. The van der Waals surface area contributed by atoms with Crippen LogP contribution >= 0.6 is 0 Å². The van der Waals surface area contributed by atoms with Crippen molar-refractivity contribution in [2.24, 2.45) is 0 Å². The smallest absolute Gasteiger partial charge is 0.319 e. The van der Waals surface area contributed by atoms with E-state index in [0.29, 0.717) is 6.54 Å². The Balaban J connectivity index is 1.99. The van der Waals surface area contributed by atoms with E-state index in [0.717, 1.165) is 36.5 Å².